The number of sulfonamides is 1. The lowest BCUT2D eigenvalue weighted by Crippen LogP contribution is -2.51. The number of carbonyl (C=O) groups is 4. The third-order valence-electron chi connectivity index (χ3n) is 19.9. The van der Waals surface area contributed by atoms with Gasteiger partial charge in [-0.2, -0.15) is 29.8 Å². The van der Waals surface area contributed by atoms with Crippen LogP contribution in [0.1, 0.15) is 140 Å². The monoisotopic (exact) mass is 1570 g/mol. The molecule has 2 amide bonds. The van der Waals surface area contributed by atoms with Crippen LogP contribution in [-0.4, -0.2) is 126 Å². The predicted molar refractivity (Wildman–Crippen MR) is 435 cm³/mol. The highest BCUT2D eigenvalue weighted by molar-refractivity contribution is 7.91. The van der Waals surface area contributed by atoms with Crippen LogP contribution in [0.2, 0.25) is 0 Å². The minimum absolute atomic E-state index is 0.0130. The van der Waals surface area contributed by atoms with E-state index in [9.17, 15) is 50.4 Å². The van der Waals surface area contributed by atoms with Crippen molar-refractivity contribution < 1.29 is 63.9 Å². The number of carbonyl (C=O) groups excluding carboxylic acids is 4. The van der Waals surface area contributed by atoms with Crippen molar-refractivity contribution in [2.75, 3.05) is 68.8 Å². The zero-order valence-electron chi connectivity index (χ0n) is 64.5. The standard InChI is InChI=1S/C84H101FN11O12PS2/c1-83(2)69-29-18-20-33-73(69)95(9)78(83)38-14-10-15-39-79-84(3,4)70-30-19-21-34-74(70)96(79)58-25-11-16-40-80(99)86-57-24-23-31-71(75(97)35-27-36-76(98)81(85)68-28-17-22-37-77(68)108-109(101,102)103)87-82(100)72(92-111(106,107)67-55-47-63(48-56-67)91-89-61-43-51-65(52-44-61)94(7)8)32-13-12-26-59-110(104,105)66-53-45-62(46-54-66)90-88-60-41-49-64(50-42-60)93(5)6/h10,14-15,17-22,28-30,33-34,37-39,41-56,71-72,81,92H,11-13,16,23-27,31-32,35-36,40,57-59H2,1-9H3,(H3-,86,87,99,100,101,102,103)/p+1. The molecule has 2 aliphatic rings. The molecule has 27 heteroatoms. The van der Waals surface area contributed by atoms with Crippen LogP contribution >= 0.6 is 7.82 Å². The largest absolute Gasteiger partial charge is 0.524 e. The summed E-state index contributed by atoms with van der Waals surface area (Å²) in [6, 6.07) is 45.4. The van der Waals surface area contributed by atoms with Gasteiger partial charge in [-0.3, -0.25) is 29.0 Å². The molecule has 0 radical (unpaired) electrons. The summed E-state index contributed by atoms with van der Waals surface area (Å²) >= 11 is 0. The number of fused-ring (bicyclic) bond motifs is 2. The first-order valence-corrected chi connectivity index (χ1v) is 42.1. The topological polar surface area (TPSA) is 302 Å². The molecule has 2 aliphatic heterocycles. The number of hydrogen-bond donors (Lipinski definition) is 5. The highest BCUT2D eigenvalue weighted by Crippen LogP contribution is 2.48. The quantitative estimate of drug-likeness (QED) is 0.00782. The summed E-state index contributed by atoms with van der Waals surface area (Å²) in [6.45, 7) is 9.96. The molecule has 588 valence electrons. The van der Waals surface area contributed by atoms with Crippen LogP contribution in [0.4, 0.5) is 49.9 Å². The number of Topliss-reactive ketones (excluding diaryl/α,β-unsaturated/α-hetero) is 2. The molecule has 2 heterocycles. The SMILES string of the molecule is CN(C)c1ccc(N=Nc2ccc(S(=O)(=O)CCCCCC(NS(=O)(=O)c3ccc(N=Nc4ccc(N(C)C)cc4)cc3)C(=O)NC(CCCCNC(=O)CCCCCN3C(=CC=CC=CC4=[N+](C)c5ccccc5C4(C)C)C(C)(C)c4ccccc43)C(=O)CCCC(=O)C(F)c3ccccc3OP(=O)(O)O)cc2)cc1. The molecule has 0 bridgehead atoms. The van der Waals surface area contributed by atoms with E-state index in [1.165, 1.54) is 76.8 Å². The van der Waals surface area contributed by atoms with Gasteiger partial charge in [0.15, 0.2) is 33.3 Å². The molecule has 3 atom stereocenters. The van der Waals surface area contributed by atoms with Crippen LogP contribution < -0.4 is 34.6 Å². The first-order valence-electron chi connectivity index (χ1n) is 37.4. The Labute approximate surface area is 651 Å². The number of ketones is 2. The van der Waals surface area contributed by atoms with Crippen LogP contribution in [0.25, 0.3) is 0 Å². The second-order valence-electron chi connectivity index (χ2n) is 29.2. The number of phosphoric acid groups is 1. The van der Waals surface area contributed by atoms with Crippen LogP contribution in [0.3, 0.4) is 0 Å². The lowest BCUT2D eigenvalue weighted by atomic mass is 9.81. The summed E-state index contributed by atoms with van der Waals surface area (Å²) in [5.74, 6) is -3.41. The summed E-state index contributed by atoms with van der Waals surface area (Å²) in [5, 5.41) is 22.8. The molecule has 3 unspecified atom stereocenters. The van der Waals surface area contributed by atoms with Crippen molar-refractivity contribution in [1.82, 2.24) is 15.4 Å². The average molecular weight is 1570 g/mol. The van der Waals surface area contributed by atoms with E-state index in [-0.39, 0.29) is 96.6 Å². The number of rotatable bonds is 41. The van der Waals surface area contributed by atoms with E-state index in [0.717, 1.165) is 48.6 Å². The van der Waals surface area contributed by atoms with Gasteiger partial charge in [-0.05, 0) is 186 Å². The molecule has 5 N–H and O–H groups in total. The van der Waals surface area contributed by atoms with E-state index in [1.807, 2.05) is 74.4 Å². The van der Waals surface area contributed by atoms with Gasteiger partial charge in [0.25, 0.3) is 0 Å². The Morgan fingerprint density at radius 2 is 1.12 bits per heavy atom. The summed E-state index contributed by atoms with van der Waals surface area (Å²) in [6.07, 6.45) is 10.8. The maximum absolute atomic E-state index is 15.8. The Bertz CT molecular complexity index is 4890. The minimum atomic E-state index is -5.15. The molecule has 0 saturated heterocycles. The van der Waals surface area contributed by atoms with Crippen LogP contribution in [0.15, 0.2) is 236 Å². The number of amides is 2. The number of para-hydroxylation sites is 3. The normalized spacial score (nSPS) is 15.3. The van der Waals surface area contributed by atoms with Crippen LogP contribution in [-0.2, 0) is 54.4 Å². The number of benzene rings is 7. The molecule has 0 saturated carbocycles. The number of alkyl halides is 1. The first kappa shape index (κ1) is 85.1. The van der Waals surface area contributed by atoms with E-state index in [1.54, 1.807) is 24.3 Å². The van der Waals surface area contributed by atoms with Crippen molar-refractivity contribution in [2.45, 2.75) is 156 Å². The Morgan fingerprint density at radius 3 is 1.72 bits per heavy atom. The average Bonchev–Trinajstić information content (AvgIpc) is 1.60. The Hall–Kier alpha value is -9.95. The molecule has 0 aromatic heterocycles. The molecule has 0 spiro atoms. The maximum atomic E-state index is 15.8. The lowest BCUT2D eigenvalue weighted by Gasteiger charge is -2.27. The van der Waals surface area contributed by atoms with E-state index in [4.69, 9.17) is 0 Å². The second-order valence-corrected chi connectivity index (χ2v) is 34.2. The summed E-state index contributed by atoms with van der Waals surface area (Å²) in [5.41, 5.74) is 10.4. The van der Waals surface area contributed by atoms with Gasteiger partial charge >= 0.3 is 7.82 Å². The molecule has 111 heavy (non-hydrogen) atoms. The van der Waals surface area contributed by atoms with Crippen LogP contribution in [0.5, 0.6) is 5.75 Å². The van der Waals surface area contributed by atoms with Crippen molar-refractivity contribution in [1.29, 1.82) is 0 Å². The maximum Gasteiger partial charge on any atom is 0.524 e. The highest BCUT2D eigenvalue weighted by atomic mass is 32.2. The second kappa shape index (κ2) is 38.8. The molecule has 9 rings (SSSR count). The van der Waals surface area contributed by atoms with E-state index >= 15 is 4.39 Å². The Morgan fingerprint density at radius 1 is 0.586 bits per heavy atom. The van der Waals surface area contributed by atoms with Gasteiger partial charge in [0.05, 0.1) is 49.8 Å². The van der Waals surface area contributed by atoms with E-state index < -0.39 is 81.1 Å². The Kier molecular flexibility index (Phi) is 29.7. The fourth-order valence-electron chi connectivity index (χ4n) is 13.7. The first-order chi connectivity index (χ1) is 52.8. The molecule has 23 nitrogen and oxygen atoms in total. The molecular weight excluding hydrogens is 1470 g/mol. The Balaban J connectivity index is 0.835. The van der Waals surface area contributed by atoms with Crippen molar-refractivity contribution in [2.24, 2.45) is 20.5 Å². The molecule has 0 aliphatic carbocycles. The number of azo groups is 2. The number of nitrogens with one attached hydrogen (secondary N) is 3. The van der Waals surface area contributed by atoms with Crippen molar-refractivity contribution in [3.05, 3.63) is 223 Å². The highest BCUT2D eigenvalue weighted by Gasteiger charge is 2.43. The van der Waals surface area contributed by atoms with Gasteiger partial charge in [0.1, 0.15) is 18.8 Å². The van der Waals surface area contributed by atoms with Crippen molar-refractivity contribution in [3.63, 3.8) is 0 Å². The van der Waals surface area contributed by atoms with E-state index in [0.29, 0.717) is 35.6 Å². The number of hydrogen-bond acceptors (Lipinski definition) is 17. The molecular formula is C84H102FN11O12PS2+. The molecule has 7 aromatic carbocycles. The van der Waals surface area contributed by atoms with Crippen molar-refractivity contribution in [3.8, 4) is 5.75 Å². The van der Waals surface area contributed by atoms with Gasteiger partial charge in [-0.25, -0.2) is 25.8 Å². The zero-order valence-corrected chi connectivity index (χ0v) is 67.0. The van der Waals surface area contributed by atoms with Gasteiger partial charge in [0, 0.05) is 112 Å². The number of halogens is 1. The minimum Gasteiger partial charge on any atom is -0.404 e. The number of allylic oxidation sites excluding steroid dienone is 6. The third kappa shape index (κ3) is 23.6. The van der Waals surface area contributed by atoms with Gasteiger partial charge in [-0.1, -0.05) is 106 Å². The number of phosphoric ester groups is 1. The third-order valence-corrected chi connectivity index (χ3v) is 23.6. The van der Waals surface area contributed by atoms with Crippen molar-refractivity contribution >= 4 is 102 Å². The predicted octanol–water partition coefficient (Wildman–Crippen LogP) is 16.7. The molecule has 0 fully saturated rings. The van der Waals surface area contributed by atoms with Gasteiger partial charge < -0.3 is 29.9 Å². The fraction of sp³-hybridized carbons (Fsp3) is 0.369. The number of anilines is 3. The zero-order chi connectivity index (χ0) is 80.1. The summed E-state index contributed by atoms with van der Waals surface area (Å²) < 4.78 is 92.9. The lowest BCUT2D eigenvalue weighted by molar-refractivity contribution is -0.401. The van der Waals surface area contributed by atoms with Gasteiger partial charge in [0.2, 0.25) is 27.5 Å². The molecule has 7 aromatic rings. The fourth-order valence-corrected chi connectivity index (χ4v) is 16.7. The summed E-state index contributed by atoms with van der Waals surface area (Å²) in [4.78, 5) is 80.8. The smallest absolute Gasteiger partial charge is 0.404 e. The van der Waals surface area contributed by atoms with Crippen LogP contribution in [0, 0.1) is 0 Å². The number of sulfone groups is 1. The number of unbranched alkanes of at least 4 members (excludes halogenated alkanes) is 5. The summed E-state index contributed by atoms with van der Waals surface area (Å²) in [7, 11) is -3.68. The van der Waals surface area contributed by atoms with E-state index in [2.05, 4.69) is 163 Å². The van der Waals surface area contributed by atoms with Gasteiger partial charge in [-0.15, -0.1) is 0 Å². The number of nitrogens with zero attached hydrogens (tertiary/aromatic N) is 8.